The Morgan fingerprint density at radius 2 is 1.95 bits per heavy atom. The van der Waals surface area contributed by atoms with Gasteiger partial charge in [-0.3, -0.25) is 4.79 Å². The van der Waals surface area contributed by atoms with Gasteiger partial charge in [-0.25, -0.2) is 0 Å². The first kappa shape index (κ1) is 18.5. The van der Waals surface area contributed by atoms with Crippen LogP contribution in [0.25, 0.3) is 0 Å². The number of methoxy groups -OCH3 is 1. The Morgan fingerprint density at radius 3 is 2.45 bits per heavy atom. The van der Waals surface area contributed by atoms with Gasteiger partial charge in [0.2, 0.25) is 0 Å². The van der Waals surface area contributed by atoms with Crippen molar-refractivity contribution in [2.24, 2.45) is 5.73 Å². The number of benzene rings is 1. The van der Waals surface area contributed by atoms with Gasteiger partial charge in [-0.15, -0.1) is 12.4 Å². The lowest BCUT2D eigenvalue weighted by Crippen LogP contribution is -2.33. The van der Waals surface area contributed by atoms with Gasteiger partial charge in [-0.2, -0.15) is 17.6 Å². The van der Waals surface area contributed by atoms with Crippen LogP contribution in [0.5, 0.6) is 5.75 Å². The lowest BCUT2D eigenvalue weighted by atomic mass is 10.1. The highest BCUT2D eigenvalue weighted by molar-refractivity contribution is 5.85. The van der Waals surface area contributed by atoms with Crippen molar-refractivity contribution in [3.63, 3.8) is 0 Å². The summed E-state index contributed by atoms with van der Waals surface area (Å²) in [6, 6.07) is 3.40. The second-order valence-corrected chi connectivity index (χ2v) is 3.54. The third kappa shape index (κ3) is 4.53. The maximum atomic E-state index is 12.7. The number of halogens is 5. The van der Waals surface area contributed by atoms with Crippen molar-refractivity contribution in [3.05, 3.63) is 29.8 Å². The van der Waals surface area contributed by atoms with E-state index in [0.717, 1.165) is 19.2 Å². The molecule has 0 radical (unpaired) electrons. The maximum absolute atomic E-state index is 12.7. The Bertz CT molecular complexity index is 459. The number of rotatable bonds is 5. The van der Waals surface area contributed by atoms with Crippen molar-refractivity contribution in [1.29, 1.82) is 0 Å². The fourth-order valence-corrected chi connectivity index (χ4v) is 1.24. The Hall–Kier alpha value is -1.54. The second kappa shape index (κ2) is 7.30. The van der Waals surface area contributed by atoms with E-state index >= 15 is 0 Å². The smallest absolute Gasteiger partial charge is 0.461 e. The van der Waals surface area contributed by atoms with Crippen LogP contribution in [0.2, 0.25) is 0 Å². The summed E-state index contributed by atoms with van der Waals surface area (Å²) < 4.78 is 57.6. The molecule has 0 aliphatic carbocycles. The summed E-state index contributed by atoms with van der Waals surface area (Å²) in [5, 5.41) is 0. The van der Waals surface area contributed by atoms with Crippen LogP contribution in [0.1, 0.15) is 11.6 Å². The molecule has 0 saturated heterocycles. The second-order valence-electron chi connectivity index (χ2n) is 3.54. The molecule has 9 heteroatoms. The van der Waals surface area contributed by atoms with E-state index in [1.54, 1.807) is 0 Å². The van der Waals surface area contributed by atoms with Crippen molar-refractivity contribution < 1.29 is 31.8 Å². The number of hydrogen-bond donors (Lipinski definition) is 1. The van der Waals surface area contributed by atoms with Crippen LogP contribution >= 0.6 is 12.4 Å². The van der Waals surface area contributed by atoms with Crippen molar-refractivity contribution >= 4 is 18.4 Å². The highest BCUT2D eigenvalue weighted by Gasteiger charge is 2.44. The highest BCUT2D eigenvalue weighted by atomic mass is 35.5. The molecule has 0 saturated carbocycles. The van der Waals surface area contributed by atoms with Gasteiger partial charge < -0.3 is 15.2 Å². The van der Waals surface area contributed by atoms with Crippen molar-refractivity contribution in [2.75, 3.05) is 7.11 Å². The van der Waals surface area contributed by atoms with Crippen LogP contribution < -0.4 is 10.5 Å². The molecule has 0 unspecified atom stereocenters. The number of carbonyl (C=O) groups is 1. The lowest BCUT2D eigenvalue weighted by Gasteiger charge is -2.18. The van der Waals surface area contributed by atoms with E-state index < -0.39 is 30.3 Å². The van der Waals surface area contributed by atoms with Crippen LogP contribution in [0.4, 0.5) is 17.6 Å². The number of esters is 1. The van der Waals surface area contributed by atoms with Crippen molar-refractivity contribution in [1.82, 2.24) is 0 Å². The van der Waals surface area contributed by atoms with Crippen molar-refractivity contribution in [3.8, 4) is 5.75 Å². The van der Waals surface area contributed by atoms with Crippen LogP contribution in [-0.2, 0) is 9.53 Å². The summed E-state index contributed by atoms with van der Waals surface area (Å²) in [5.74, 6) is -1.32. The first-order valence-electron chi connectivity index (χ1n) is 5.06. The Kier molecular flexibility index (Phi) is 6.74. The molecule has 20 heavy (non-hydrogen) atoms. The van der Waals surface area contributed by atoms with Gasteiger partial charge in [0.05, 0.1) is 7.11 Å². The molecule has 0 heterocycles. The summed E-state index contributed by atoms with van der Waals surface area (Å²) in [6.07, 6.45) is -8.58. The third-order valence-electron chi connectivity index (χ3n) is 2.18. The number of hydrogen-bond acceptors (Lipinski definition) is 4. The fourth-order valence-electron chi connectivity index (χ4n) is 1.24. The van der Waals surface area contributed by atoms with Gasteiger partial charge in [0.1, 0.15) is 11.8 Å². The number of nitrogens with two attached hydrogens (primary N) is 1. The van der Waals surface area contributed by atoms with E-state index in [2.05, 4.69) is 9.47 Å². The van der Waals surface area contributed by atoms with E-state index in [-0.39, 0.29) is 18.0 Å². The SMILES string of the molecule is COC(=O)[C@@H](N)c1cccc(OC(F)(F)C(F)F)c1.Cl. The van der Waals surface area contributed by atoms with Gasteiger partial charge in [0, 0.05) is 0 Å². The monoisotopic (exact) mass is 317 g/mol. The average Bonchev–Trinajstić information content (AvgIpc) is 2.36. The standard InChI is InChI=1S/C11H11F4NO3.ClH/c1-18-9(17)8(16)6-3-2-4-7(5-6)19-11(14,15)10(12)13;/h2-5,8,10H,16H2,1H3;1H/t8-;/m0./s1. The molecule has 1 aromatic carbocycles. The van der Waals surface area contributed by atoms with E-state index in [1.165, 1.54) is 12.1 Å². The summed E-state index contributed by atoms with van der Waals surface area (Å²) >= 11 is 0. The van der Waals surface area contributed by atoms with E-state index in [9.17, 15) is 22.4 Å². The van der Waals surface area contributed by atoms with E-state index in [4.69, 9.17) is 5.73 Å². The summed E-state index contributed by atoms with van der Waals surface area (Å²) in [7, 11) is 1.10. The van der Waals surface area contributed by atoms with Crippen LogP contribution in [-0.4, -0.2) is 25.6 Å². The molecule has 1 atom stereocenters. The minimum absolute atomic E-state index is 0. The third-order valence-corrected chi connectivity index (χ3v) is 2.18. The number of ether oxygens (including phenoxy) is 2. The molecule has 0 fully saturated rings. The summed E-state index contributed by atoms with van der Waals surface area (Å²) in [6.45, 7) is 0. The van der Waals surface area contributed by atoms with E-state index in [0.29, 0.717) is 0 Å². The molecule has 0 aromatic heterocycles. The zero-order valence-corrected chi connectivity index (χ0v) is 11.0. The molecule has 1 rings (SSSR count). The minimum Gasteiger partial charge on any atom is -0.468 e. The van der Waals surface area contributed by atoms with E-state index in [1.807, 2.05) is 0 Å². The molecular formula is C11H12ClF4NO3. The minimum atomic E-state index is -4.62. The fraction of sp³-hybridized carbons (Fsp3) is 0.364. The van der Waals surface area contributed by atoms with Crippen LogP contribution in [0, 0.1) is 0 Å². The molecule has 114 valence electrons. The molecule has 0 spiro atoms. The molecule has 1 aromatic rings. The molecule has 2 N–H and O–H groups in total. The number of carbonyl (C=O) groups excluding carboxylic acids is 1. The predicted molar refractivity (Wildman–Crippen MR) is 64.2 cm³/mol. The van der Waals surface area contributed by atoms with Gasteiger partial charge >= 0.3 is 18.5 Å². The first-order chi connectivity index (χ1) is 8.77. The Labute approximate surface area is 118 Å². The highest BCUT2D eigenvalue weighted by Crippen LogP contribution is 2.28. The van der Waals surface area contributed by atoms with Gasteiger partial charge in [0.25, 0.3) is 0 Å². The molecule has 4 nitrogen and oxygen atoms in total. The summed E-state index contributed by atoms with van der Waals surface area (Å²) in [5.41, 5.74) is 5.58. The predicted octanol–water partition coefficient (Wildman–Crippen LogP) is 2.52. The van der Waals surface area contributed by atoms with Gasteiger partial charge in [0.15, 0.2) is 0 Å². The average molecular weight is 318 g/mol. The molecule has 0 aliphatic heterocycles. The first-order valence-corrected chi connectivity index (χ1v) is 5.06. The van der Waals surface area contributed by atoms with Crippen LogP contribution in [0.3, 0.4) is 0 Å². The maximum Gasteiger partial charge on any atom is 0.461 e. The van der Waals surface area contributed by atoms with Gasteiger partial charge in [-0.05, 0) is 17.7 Å². The largest absolute Gasteiger partial charge is 0.468 e. The number of alkyl halides is 4. The molecule has 0 bridgehead atoms. The molecular weight excluding hydrogens is 306 g/mol. The van der Waals surface area contributed by atoms with Gasteiger partial charge in [-0.1, -0.05) is 12.1 Å². The van der Waals surface area contributed by atoms with Crippen LogP contribution in [0.15, 0.2) is 24.3 Å². The quantitative estimate of drug-likeness (QED) is 0.669. The molecule has 0 aliphatic rings. The lowest BCUT2D eigenvalue weighted by molar-refractivity contribution is -0.253. The zero-order valence-electron chi connectivity index (χ0n) is 10.2. The molecule has 0 amide bonds. The Balaban J connectivity index is 0.00000361. The zero-order chi connectivity index (χ0) is 14.6. The Morgan fingerprint density at radius 1 is 1.35 bits per heavy atom. The summed E-state index contributed by atoms with van der Waals surface area (Å²) in [4.78, 5) is 11.2. The topological polar surface area (TPSA) is 61.5 Å². The normalized spacial score (nSPS) is 12.6. The van der Waals surface area contributed by atoms with Crippen molar-refractivity contribution in [2.45, 2.75) is 18.6 Å².